The van der Waals surface area contributed by atoms with E-state index in [1.165, 1.54) is 12.3 Å². The summed E-state index contributed by atoms with van der Waals surface area (Å²) in [6.07, 6.45) is 1.46. The van der Waals surface area contributed by atoms with Gasteiger partial charge in [-0.3, -0.25) is 4.79 Å². The average Bonchev–Trinajstić information content (AvgIpc) is 2.77. The van der Waals surface area contributed by atoms with Gasteiger partial charge in [0.15, 0.2) is 11.6 Å². The molecule has 3 aromatic rings. The Morgan fingerprint density at radius 1 is 0.931 bits per heavy atom. The molecule has 1 fully saturated rings. The van der Waals surface area contributed by atoms with E-state index in [0.29, 0.717) is 18.8 Å². The molecule has 1 amide bonds. The van der Waals surface area contributed by atoms with Crippen LogP contribution in [0.4, 0.5) is 26.1 Å². The van der Waals surface area contributed by atoms with Crippen LogP contribution in [0.2, 0.25) is 0 Å². The van der Waals surface area contributed by atoms with E-state index in [9.17, 15) is 13.6 Å². The molecule has 0 atom stereocenters. The summed E-state index contributed by atoms with van der Waals surface area (Å²) >= 11 is 0. The first-order chi connectivity index (χ1) is 14.1. The van der Waals surface area contributed by atoms with Crippen LogP contribution in [0, 0.1) is 11.6 Å². The van der Waals surface area contributed by atoms with Crippen molar-refractivity contribution in [2.75, 3.05) is 36.4 Å². The maximum Gasteiger partial charge on any atom is 0.272 e. The van der Waals surface area contributed by atoms with E-state index in [2.05, 4.69) is 32.3 Å². The number of carbonyl (C=O) groups excluding carboxylic acids is 1. The molecule has 2 aromatic carbocycles. The van der Waals surface area contributed by atoms with Gasteiger partial charge in [-0.25, -0.2) is 18.7 Å². The number of anilines is 3. The highest BCUT2D eigenvalue weighted by Gasteiger charge is 2.23. The molecule has 0 radical (unpaired) electrons. The highest BCUT2D eigenvalue weighted by Crippen LogP contribution is 2.18. The molecule has 8 heteroatoms. The monoisotopic (exact) mass is 395 g/mol. The lowest BCUT2D eigenvalue weighted by Crippen LogP contribution is -2.49. The lowest BCUT2D eigenvalue weighted by molar-refractivity contribution is 0.0741. The molecule has 0 bridgehead atoms. The number of rotatable bonds is 4. The van der Waals surface area contributed by atoms with Gasteiger partial charge in [0, 0.05) is 49.8 Å². The predicted molar refractivity (Wildman–Crippen MR) is 106 cm³/mol. The van der Waals surface area contributed by atoms with Crippen molar-refractivity contribution < 1.29 is 13.6 Å². The van der Waals surface area contributed by atoms with Crippen LogP contribution in [0.5, 0.6) is 0 Å². The summed E-state index contributed by atoms with van der Waals surface area (Å²) in [6.45, 7) is 2.65. The number of nitrogens with zero attached hydrogens (tertiary/aromatic N) is 4. The fourth-order valence-corrected chi connectivity index (χ4v) is 3.21. The summed E-state index contributed by atoms with van der Waals surface area (Å²) in [5.74, 6) is -1.95. The van der Waals surface area contributed by atoms with Gasteiger partial charge in [-0.2, -0.15) is 0 Å². The molecule has 6 nitrogen and oxygen atoms in total. The maximum atomic E-state index is 13.4. The van der Waals surface area contributed by atoms with E-state index < -0.39 is 11.6 Å². The molecule has 4 rings (SSSR count). The fraction of sp³-hybridized carbons (Fsp3) is 0.190. The Balaban J connectivity index is 1.41. The van der Waals surface area contributed by atoms with E-state index >= 15 is 0 Å². The first-order valence-electron chi connectivity index (χ1n) is 9.24. The smallest absolute Gasteiger partial charge is 0.272 e. The van der Waals surface area contributed by atoms with Gasteiger partial charge in [0.25, 0.3) is 5.91 Å². The van der Waals surface area contributed by atoms with Gasteiger partial charge >= 0.3 is 0 Å². The molecule has 0 unspecified atom stereocenters. The summed E-state index contributed by atoms with van der Waals surface area (Å²) in [7, 11) is 0. The highest BCUT2D eigenvalue weighted by atomic mass is 19.2. The first kappa shape index (κ1) is 18.8. The van der Waals surface area contributed by atoms with Crippen molar-refractivity contribution in [3.8, 4) is 0 Å². The Hall–Kier alpha value is -3.55. The van der Waals surface area contributed by atoms with Crippen molar-refractivity contribution in [1.82, 2.24) is 14.9 Å². The molecule has 2 heterocycles. The van der Waals surface area contributed by atoms with Gasteiger partial charge in [-0.1, -0.05) is 18.2 Å². The Morgan fingerprint density at radius 2 is 1.69 bits per heavy atom. The normalized spacial score (nSPS) is 14.0. The maximum absolute atomic E-state index is 13.4. The Bertz CT molecular complexity index is 1010. The van der Waals surface area contributed by atoms with Gasteiger partial charge in [0.05, 0.1) is 0 Å². The van der Waals surface area contributed by atoms with Crippen LogP contribution in [0.15, 0.2) is 60.8 Å². The number of amides is 1. The lowest BCUT2D eigenvalue weighted by Gasteiger charge is -2.36. The molecule has 29 heavy (non-hydrogen) atoms. The fourth-order valence-electron chi connectivity index (χ4n) is 3.21. The van der Waals surface area contributed by atoms with Gasteiger partial charge in [-0.05, 0) is 30.3 Å². The topological polar surface area (TPSA) is 61.4 Å². The van der Waals surface area contributed by atoms with Gasteiger partial charge in [0.2, 0.25) is 5.95 Å². The van der Waals surface area contributed by atoms with Crippen LogP contribution >= 0.6 is 0 Å². The Kier molecular flexibility index (Phi) is 5.33. The molecule has 1 aliphatic rings. The Labute approximate surface area is 166 Å². The number of carbonyl (C=O) groups is 1. The van der Waals surface area contributed by atoms with Crippen LogP contribution in [0.1, 0.15) is 10.5 Å². The van der Waals surface area contributed by atoms with E-state index in [1.807, 2.05) is 18.2 Å². The molecule has 0 saturated carbocycles. The minimum Gasteiger partial charge on any atom is -0.368 e. The summed E-state index contributed by atoms with van der Waals surface area (Å²) in [4.78, 5) is 25.1. The van der Waals surface area contributed by atoms with Crippen molar-refractivity contribution in [3.05, 3.63) is 78.1 Å². The van der Waals surface area contributed by atoms with Crippen molar-refractivity contribution in [2.45, 2.75) is 0 Å². The number of hydrogen-bond acceptors (Lipinski definition) is 5. The van der Waals surface area contributed by atoms with Crippen LogP contribution in [-0.2, 0) is 0 Å². The molecule has 148 valence electrons. The first-order valence-corrected chi connectivity index (χ1v) is 9.24. The number of benzene rings is 2. The third-order valence-corrected chi connectivity index (χ3v) is 4.74. The zero-order chi connectivity index (χ0) is 20.2. The van der Waals surface area contributed by atoms with Crippen LogP contribution in [-0.4, -0.2) is 47.0 Å². The summed E-state index contributed by atoms with van der Waals surface area (Å²) in [5, 5.41) is 2.79. The summed E-state index contributed by atoms with van der Waals surface area (Å²) < 4.78 is 26.4. The third kappa shape index (κ3) is 4.31. The minimum atomic E-state index is -0.974. The largest absolute Gasteiger partial charge is 0.368 e. The van der Waals surface area contributed by atoms with Gasteiger partial charge in [0.1, 0.15) is 5.69 Å². The second-order valence-corrected chi connectivity index (χ2v) is 6.63. The summed E-state index contributed by atoms with van der Waals surface area (Å²) in [5.41, 5.74) is 1.68. The van der Waals surface area contributed by atoms with Crippen LogP contribution in [0.25, 0.3) is 0 Å². The Morgan fingerprint density at radius 3 is 2.41 bits per heavy atom. The van der Waals surface area contributed by atoms with Crippen molar-refractivity contribution >= 4 is 23.2 Å². The SMILES string of the molecule is O=C(c1ccnc(Nc2ccc(F)c(F)c2)n1)N1CCN(c2ccccc2)CC1. The molecule has 0 spiro atoms. The van der Waals surface area contributed by atoms with Gasteiger partial charge in [-0.15, -0.1) is 0 Å². The number of hydrogen-bond donors (Lipinski definition) is 1. The van der Waals surface area contributed by atoms with Crippen LogP contribution < -0.4 is 10.2 Å². The number of nitrogens with one attached hydrogen (secondary N) is 1. The number of halogens is 2. The van der Waals surface area contributed by atoms with E-state index in [4.69, 9.17) is 0 Å². The molecule has 1 N–H and O–H groups in total. The van der Waals surface area contributed by atoms with E-state index in [0.717, 1.165) is 30.9 Å². The average molecular weight is 395 g/mol. The number of para-hydroxylation sites is 1. The number of aromatic nitrogens is 2. The molecule has 1 aromatic heterocycles. The molecule has 1 saturated heterocycles. The molecule has 0 aliphatic carbocycles. The number of piperazine rings is 1. The molecule has 1 aliphatic heterocycles. The second-order valence-electron chi connectivity index (χ2n) is 6.63. The van der Waals surface area contributed by atoms with Crippen molar-refractivity contribution in [1.29, 1.82) is 0 Å². The van der Waals surface area contributed by atoms with Crippen molar-refractivity contribution in [2.24, 2.45) is 0 Å². The van der Waals surface area contributed by atoms with E-state index in [-0.39, 0.29) is 17.5 Å². The zero-order valence-corrected chi connectivity index (χ0v) is 15.6. The van der Waals surface area contributed by atoms with Gasteiger partial charge < -0.3 is 15.1 Å². The quantitative estimate of drug-likeness (QED) is 0.733. The van der Waals surface area contributed by atoms with Crippen LogP contribution in [0.3, 0.4) is 0 Å². The molecular weight excluding hydrogens is 376 g/mol. The minimum absolute atomic E-state index is 0.143. The molecular formula is C21H19F2N5O. The highest BCUT2D eigenvalue weighted by molar-refractivity contribution is 5.92. The second kappa shape index (κ2) is 8.22. The van der Waals surface area contributed by atoms with E-state index in [1.54, 1.807) is 11.0 Å². The zero-order valence-electron chi connectivity index (χ0n) is 15.6. The standard InChI is InChI=1S/C21H19F2N5O/c22-17-7-6-15(14-18(17)23)25-21-24-9-8-19(26-21)20(29)28-12-10-27(11-13-28)16-4-2-1-3-5-16/h1-9,14H,10-13H2,(H,24,25,26). The van der Waals surface area contributed by atoms with Crippen molar-refractivity contribution in [3.63, 3.8) is 0 Å². The predicted octanol–water partition coefficient (Wildman–Crippen LogP) is 3.46. The third-order valence-electron chi connectivity index (χ3n) is 4.74. The lowest BCUT2D eigenvalue weighted by atomic mass is 10.2. The summed E-state index contributed by atoms with van der Waals surface area (Å²) in [6, 6.07) is 15.0.